The molecule has 14 heavy (non-hydrogen) atoms. The molecule has 0 bridgehead atoms. The second-order valence-electron chi connectivity index (χ2n) is 3.66. The van der Waals surface area contributed by atoms with Crippen LogP contribution in [-0.2, 0) is 0 Å². The van der Waals surface area contributed by atoms with Crippen molar-refractivity contribution in [3.05, 3.63) is 45.9 Å². The van der Waals surface area contributed by atoms with Crippen LogP contribution in [0.3, 0.4) is 0 Å². The molecule has 0 aliphatic heterocycles. The molecule has 1 aromatic heterocycles. The summed E-state index contributed by atoms with van der Waals surface area (Å²) < 4.78 is 1.51. The van der Waals surface area contributed by atoms with Gasteiger partial charge in [0.05, 0.1) is 0 Å². The Hall–Kier alpha value is -0.781. The Bertz CT molecular complexity index is 439. The Morgan fingerprint density at radius 3 is 2.36 bits per heavy atom. The summed E-state index contributed by atoms with van der Waals surface area (Å²) in [6.45, 7) is 6.62. The van der Waals surface area contributed by atoms with E-state index in [4.69, 9.17) is 0 Å². The Balaban J connectivity index is 2.61. The van der Waals surface area contributed by atoms with E-state index in [1.807, 2.05) is 0 Å². The van der Waals surface area contributed by atoms with Gasteiger partial charge in [-0.2, -0.15) is 0 Å². The fourth-order valence-electron chi connectivity index (χ4n) is 1.65. The van der Waals surface area contributed by atoms with Gasteiger partial charge in [0.2, 0.25) is 0 Å². The van der Waals surface area contributed by atoms with E-state index >= 15 is 0 Å². The van der Waals surface area contributed by atoms with E-state index < -0.39 is 0 Å². The first-order chi connectivity index (χ1) is 6.70. The molecule has 1 heteroatoms. The van der Waals surface area contributed by atoms with E-state index in [1.165, 1.54) is 26.7 Å². The van der Waals surface area contributed by atoms with Gasteiger partial charge < -0.3 is 0 Å². The van der Waals surface area contributed by atoms with Crippen molar-refractivity contribution in [3.8, 4) is 10.0 Å². The van der Waals surface area contributed by atoms with Crippen molar-refractivity contribution in [2.75, 3.05) is 0 Å². The molecule has 0 saturated heterocycles. The normalized spacial score (nSPS) is 10.5. The van der Waals surface area contributed by atoms with Crippen molar-refractivity contribution in [1.82, 2.24) is 0 Å². The van der Waals surface area contributed by atoms with Crippen LogP contribution in [-0.4, -0.2) is 14.5 Å². The third-order valence-corrected chi connectivity index (χ3v) is 4.74. The van der Waals surface area contributed by atoms with Crippen molar-refractivity contribution in [1.29, 1.82) is 0 Å². The summed E-state index contributed by atoms with van der Waals surface area (Å²) in [5.74, 6) is 0. The minimum absolute atomic E-state index is 0.548. The van der Waals surface area contributed by atoms with Gasteiger partial charge in [-0.3, -0.25) is 0 Å². The molecule has 72 valence electrons. The van der Waals surface area contributed by atoms with Crippen molar-refractivity contribution < 1.29 is 0 Å². The van der Waals surface area contributed by atoms with Crippen LogP contribution < -0.4 is 0 Å². The van der Waals surface area contributed by atoms with Crippen LogP contribution in [0.15, 0.2) is 29.2 Å². The maximum atomic E-state index is 2.27. The monoisotopic (exact) mass is 250 g/mol. The molecular weight excluding hydrogens is 235 g/mol. The van der Waals surface area contributed by atoms with E-state index in [2.05, 4.69) is 50.0 Å². The van der Waals surface area contributed by atoms with Gasteiger partial charge in [-0.15, -0.1) is 0 Å². The van der Waals surface area contributed by atoms with E-state index in [-0.39, 0.29) is 0 Å². The van der Waals surface area contributed by atoms with Crippen molar-refractivity contribution >= 4 is 14.5 Å². The standard InChI is InChI=1S/C13H14Se/c1-9-6-7-12(11(3)10(9)2)13-5-4-8-14-13/h4-8H,1-3H3. The van der Waals surface area contributed by atoms with Crippen LogP contribution in [0.4, 0.5) is 0 Å². The number of hydrogen-bond acceptors (Lipinski definition) is 0. The van der Waals surface area contributed by atoms with Crippen molar-refractivity contribution in [3.63, 3.8) is 0 Å². The second-order valence-corrected chi connectivity index (χ2v) is 5.65. The minimum atomic E-state index is 0.548. The molecular formula is C13H14Se. The van der Waals surface area contributed by atoms with Crippen LogP contribution in [0.25, 0.3) is 10.0 Å². The Morgan fingerprint density at radius 1 is 0.929 bits per heavy atom. The fraction of sp³-hybridized carbons (Fsp3) is 0.231. The molecule has 0 amide bonds. The molecule has 0 radical (unpaired) electrons. The summed E-state index contributed by atoms with van der Waals surface area (Å²) in [6.07, 6.45) is 0. The second kappa shape index (κ2) is 3.76. The average Bonchev–Trinajstić information content (AvgIpc) is 2.67. The molecule has 1 heterocycles. The fourth-order valence-corrected chi connectivity index (χ4v) is 3.35. The number of benzene rings is 1. The summed E-state index contributed by atoms with van der Waals surface area (Å²) in [6, 6.07) is 8.91. The zero-order valence-corrected chi connectivity index (χ0v) is 10.5. The van der Waals surface area contributed by atoms with Crippen LogP contribution in [0.2, 0.25) is 0 Å². The summed E-state index contributed by atoms with van der Waals surface area (Å²) in [5, 5.41) is 0. The molecule has 0 N–H and O–H groups in total. The summed E-state index contributed by atoms with van der Waals surface area (Å²) in [4.78, 5) is 2.27. The molecule has 0 atom stereocenters. The average molecular weight is 249 g/mol. The van der Waals surface area contributed by atoms with Gasteiger partial charge in [0, 0.05) is 0 Å². The molecule has 0 unspecified atom stereocenters. The first-order valence-corrected chi connectivity index (χ1v) is 6.65. The van der Waals surface area contributed by atoms with Crippen LogP contribution >= 0.6 is 0 Å². The van der Waals surface area contributed by atoms with Gasteiger partial charge in [-0.05, 0) is 0 Å². The zero-order valence-electron chi connectivity index (χ0n) is 8.79. The number of aryl methyl sites for hydroxylation is 1. The van der Waals surface area contributed by atoms with Crippen molar-refractivity contribution in [2.24, 2.45) is 0 Å². The molecule has 0 spiro atoms. The van der Waals surface area contributed by atoms with Crippen LogP contribution in [0.1, 0.15) is 16.7 Å². The van der Waals surface area contributed by atoms with Crippen LogP contribution in [0, 0.1) is 20.8 Å². The first kappa shape index (κ1) is 9.76. The predicted molar refractivity (Wildman–Crippen MR) is 63.0 cm³/mol. The Kier molecular flexibility index (Phi) is 2.62. The topological polar surface area (TPSA) is 0 Å². The van der Waals surface area contributed by atoms with E-state index in [0.29, 0.717) is 14.5 Å². The van der Waals surface area contributed by atoms with Gasteiger partial charge in [-0.1, -0.05) is 0 Å². The Morgan fingerprint density at radius 2 is 1.71 bits per heavy atom. The number of hydrogen-bond donors (Lipinski definition) is 0. The molecule has 0 fully saturated rings. The summed E-state index contributed by atoms with van der Waals surface area (Å²) in [7, 11) is 0. The van der Waals surface area contributed by atoms with Gasteiger partial charge >= 0.3 is 91.2 Å². The van der Waals surface area contributed by atoms with Crippen molar-refractivity contribution in [2.45, 2.75) is 20.8 Å². The predicted octanol–water partition coefficient (Wildman–Crippen LogP) is 3.34. The van der Waals surface area contributed by atoms with E-state index in [0.717, 1.165) is 0 Å². The molecule has 2 aromatic rings. The number of rotatable bonds is 1. The molecule has 0 saturated carbocycles. The van der Waals surface area contributed by atoms with Gasteiger partial charge in [0.1, 0.15) is 0 Å². The molecule has 0 aliphatic carbocycles. The third kappa shape index (κ3) is 1.58. The Labute approximate surface area is 91.3 Å². The maximum absolute atomic E-state index is 2.27. The quantitative estimate of drug-likeness (QED) is 0.680. The summed E-state index contributed by atoms with van der Waals surface area (Å²) >= 11 is 0.548. The third-order valence-electron chi connectivity index (χ3n) is 2.84. The molecule has 0 aliphatic rings. The van der Waals surface area contributed by atoms with Gasteiger partial charge in [0.15, 0.2) is 0 Å². The van der Waals surface area contributed by atoms with E-state index in [9.17, 15) is 0 Å². The molecule has 0 nitrogen and oxygen atoms in total. The molecule has 1 aromatic carbocycles. The van der Waals surface area contributed by atoms with Gasteiger partial charge in [0.25, 0.3) is 0 Å². The molecule has 2 rings (SSSR count). The van der Waals surface area contributed by atoms with E-state index in [1.54, 1.807) is 0 Å². The van der Waals surface area contributed by atoms with Gasteiger partial charge in [-0.25, -0.2) is 0 Å². The SMILES string of the molecule is Cc1ccc(-c2ccc[se]2)c(C)c1C. The van der Waals surface area contributed by atoms with Crippen LogP contribution in [0.5, 0.6) is 0 Å². The summed E-state index contributed by atoms with van der Waals surface area (Å²) in [5.41, 5.74) is 5.72. The zero-order chi connectivity index (χ0) is 10.1. The first-order valence-electron chi connectivity index (χ1n) is 4.81.